The average molecular weight is 275 g/mol. The SMILES string of the molecule is CCCCCN(Cc1nc2cc(N)ccc2o1)C(C)C. The Balaban J connectivity index is 2.07. The number of fused-ring (bicyclic) bond motifs is 1. The zero-order valence-corrected chi connectivity index (χ0v) is 12.7. The minimum Gasteiger partial charge on any atom is -0.439 e. The van der Waals surface area contributed by atoms with Crippen LogP contribution in [0.4, 0.5) is 5.69 Å². The Morgan fingerprint density at radius 2 is 2.10 bits per heavy atom. The van der Waals surface area contributed by atoms with E-state index in [-0.39, 0.29) is 0 Å². The van der Waals surface area contributed by atoms with Gasteiger partial charge in [0.2, 0.25) is 5.89 Å². The van der Waals surface area contributed by atoms with E-state index in [0.29, 0.717) is 6.04 Å². The van der Waals surface area contributed by atoms with Crippen molar-refractivity contribution in [1.29, 1.82) is 0 Å². The van der Waals surface area contributed by atoms with Crippen LogP contribution in [-0.2, 0) is 6.54 Å². The van der Waals surface area contributed by atoms with Gasteiger partial charge in [0.05, 0.1) is 6.54 Å². The molecule has 1 aromatic carbocycles. The highest BCUT2D eigenvalue weighted by Gasteiger charge is 2.14. The van der Waals surface area contributed by atoms with Crippen molar-refractivity contribution in [3.8, 4) is 0 Å². The molecule has 4 nitrogen and oxygen atoms in total. The van der Waals surface area contributed by atoms with Gasteiger partial charge in [0.15, 0.2) is 5.58 Å². The minimum atomic E-state index is 0.493. The van der Waals surface area contributed by atoms with E-state index in [1.807, 2.05) is 18.2 Å². The summed E-state index contributed by atoms with van der Waals surface area (Å²) in [4.78, 5) is 6.94. The van der Waals surface area contributed by atoms with Crippen molar-refractivity contribution in [2.24, 2.45) is 0 Å². The highest BCUT2D eigenvalue weighted by Crippen LogP contribution is 2.20. The number of aromatic nitrogens is 1. The van der Waals surface area contributed by atoms with E-state index >= 15 is 0 Å². The molecular weight excluding hydrogens is 250 g/mol. The van der Waals surface area contributed by atoms with Crippen molar-refractivity contribution in [3.05, 3.63) is 24.1 Å². The van der Waals surface area contributed by atoms with Gasteiger partial charge in [-0.25, -0.2) is 4.98 Å². The van der Waals surface area contributed by atoms with E-state index in [4.69, 9.17) is 10.2 Å². The van der Waals surface area contributed by atoms with Gasteiger partial charge < -0.3 is 10.2 Å². The predicted molar refractivity (Wildman–Crippen MR) is 83.5 cm³/mol. The lowest BCUT2D eigenvalue weighted by molar-refractivity contribution is 0.190. The highest BCUT2D eigenvalue weighted by molar-refractivity contribution is 5.76. The van der Waals surface area contributed by atoms with Gasteiger partial charge in [0, 0.05) is 11.7 Å². The summed E-state index contributed by atoms with van der Waals surface area (Å²) in [5, 5.41) is 0. The lowest BCUT2D eigenvalue weighted by Crippen LogP contribution is -2.31. The average Bonchev–Trinajstić information content (AvgIpc) is 2.79. The Morgan fingerprint density at radius 1 is 1.30 bits per heavy atom. The number of oxazole rings is 1. The number of unbranched alkanes of at least 4 members (excludes halogenated alkanes) is 2. The summed E-state index contributed by atoms with van der Waals surface area (Å²) in [6.45, 7) is 8.51. The Morgan fingerprint density at radius 3 is 2.80 bits per heavy atom. The molecule has 0 aliphatic heterocycles. The molecule has 0 unspecified atom stereocenters. The molecule has 0 aliphatic carbocycles. The van der Waals surface area contributed by atoms with E-state index in [0.717, 1.165) is 35.8 Å². The number of hydrogen-bond acceptors (Lipinski definition) is 4. The number of anilines is 1. The van der Waals surface area contributed by atoms with Crippen LogP contribution >= 0.6 is 0 Å². The number of hydrogen-bond donors (Lipinski definition) is 1. The molecule has 0 amide bonds. The molecule has 2 N–H and O–H groups in total. The van der Waals surface area contributed by atoms with Gasteiger partial charge in [-0.15, -0.1) is 0 Å². The molecule has 0 saturated carbocycles. The molecule has 0 aliphatic rings. The molecule has 1 aromatic heterocycles. The zero-order valence-electron chi connectivity index (χ0n) is 12.7. The second-order valence-corrected chi connectivity index (χ2v) is 5.61. The van der Waals surface area contributed by atoms with E-state index < -0.39 is 0 Å². The molecule has 110 valence electrons. The molecule has 0 spiro atoms. The number of rotatable bonds is 7. The summed E-state index contributed by atoms with van der Waals surface area (Å²) in [6, 6.07) is 6.09. The number of nitrogen functional groups attached to an aromatic ring is 1. The topological polar surface area (TPSA) is 55.3 Å². The van der Waals surface area contributed by atoms with Crippen LogP contribution in [-0.4, -0.2) is 22.5 Å². The Hall–Kier alpha value is -1.55. The Kier molecular flexibility index (Phi) is 5.01. The van der Waals surface area contributed by atoms with Crippen LogP contribution in [0.5, 0.6) is 0 Å². The highest BCUT2D eigenvalue weighted by atomic mass is 16.3. The molecule has 1 heterocycles. The first-order valence-electron chi connectivity index (χ1n) is 7.49. The fourth-order valence-corrected chi connectivity index (χ4v) is 2.32. The molecule has 2 rings (SSSR count). The maximum absolute atomic E-state index is 5.80. The summed E-state index contributed by atoms with van der Waals surface area (Å²) in [5.41, 5.74) is 8.15. The summed E-state index contributed by atoms with van der Waals surface area (Å²) in [6.07, 6.45) is 3.74. The number of nitrogens with zero attached hydrogens (tertiary/aromatic N) is 2. The van der Waals surface area contributed by atoms with Crippen LogP contribution in [0.1, 0.15) is 45.9 Å². The fourth-order valence-electron chi connectivity index (χ4n) is 2.32. The largest absolute Gasteiger partial charge is 0.439 e. The second kappa shape index (κ2) is 6.75. The summed E-state index contributed by atoms with van der Waals surface area (Å²) < 4.78 is 5.80. The van der Waals surface area contributed by atoms with Crippen molar-refractivity contribution >= 4 is 16.8 Å². The van der Waals surface area contributed by atoms with Crippen molar-refractivity contribution in [1.82, 2.24) is 9.88 Å². The third kappa shape index (κ3) is 3.73. The minimum absolute atomic E-state index is 0.493. The zero-order chi connectivity index (χ0) is 14.5. The normalized spacial score (nSPS) is 11.8. The van der Waals surface area contributed by atoms with Crippen LogP contribution in [0, 0.1) is 0 Å². The smallest absolute Gasteiger partial charge is 0.209 e. The van der Waals surface area contributed by atoms with Crippen LogP contribution in [0.2, 0.25) is 0 Å². The van der Waals surface area contributed by atoms with Gasteiger partial charge in [0.25, 0.3) is 0 Å². The molecule has 0 atom stereocenters. The lowest BCUT2D eigenvalue weighted by atomic mass is 10.2. The van der Waals surface area contributed by atoms with Crippen LogP contribution in [0.15, 0.2) is 22.6 Å². The van der Waals surface area contributed by atoms with Gasteiger partial charge in [-0.1, -0.05) is 19.8 Å². The first-order chi connectivity index (χ1) is 9.60. The van der Waals surface area contributed by atoms with Crippen molar-refractivity contribution in [2.75, 3.05) is 12.3 Å². The molecule has 0 radical (unpaired) electrons. The van der Waals surface area contributed by atoms with E-state index in [2.05, 4.69) is 30.7 Å². The molecule has 20 heavy (non-hydrogen) atoms. The number of benzene rings is 1. The van der Waals surface area contributed by atoms with Crippen LogP contribution in [0.3, 0.4) is 0 Å². The molecule has 0 fully saturated rings. The molecule has 2 aromatic rings. The quantitative estimate of drug-likeness (QED) is 0.616. The predicted octanol–water partition coefficient (Wildman–Crippen LogP) is 3.81. The van der Waals surface area contributed by atoms with E-state index in [1.165, 1.54) is 19.3 Å². The third-order valence-electron chi connectivity index (χ3n) is 3.57. The first kappa shape index (κ1) is 14.9. The van der Waals surface area contributed by atoms with Crippen LogP contribution < -0.4 is 5.73 Å². The first-order valence-corrected chi connectivity index (χ1v) is 7.49. The van der Waals surface area contributed by atoms with Crippen LogP contribution in [0.25, 0.3) is 11.1 Å². The van der Waals surface area contributed by atoms with Gasteiger partial charge >= 0.3 is 0 Å². The van der Waals surface area contributed by atoms with E-state index in [9.17, 15) is 0 Å². The molecular formula is C16H25N3O. The van der Waals surface area contributed by atoms with Crippen molar-refractivity contribution in [2.45, 2.75) is 52.6 Å². The molecule has 0 saturated heterocycles. The number of nitrogens with two attached hydrogens (primary N) is 1. The third-order valence-corrected chi connectivity index (χ3v) is 3.57. The molecule has 0 bridgehead atoms. The summed E-state index contributed by atoms with van der Waals surface area (Å²) in [5.74, 6) is 0.774. The summed E-state index contributed by atoms with van der Waals surface area (Å²) in [7, 11) is 0. The van der Waals surface area contributed by atoms with E-state index in [1.54, 1.807) is 0 Å². The molecule has 4 heteroatoms. The summed E-state index contributed by atoms with van der Waals surface area (Å²) >= 11 is 0. The standard InChI is InChI=1S/C16H25N3O/c1-4-5-6-9-19(12(2)3)11-16-18-14-10-13(17)7-8-15(14)20-16/h7-8,10,12H,4-6,9,11,17H2,1-3H3. The van der Waals surface area contributed by atoms with Crippen molar-refractivity contribution < 1.29 is 4.42 Å². The van der Waals surface area contributed by atoms with Gasteiger partial charge in [-0.05, 0) is 45.0 Å². The Bertz CT molecular complexity index is 548. The monoisotopic (exact) mass is 275 g/mol. The second-order valence-electron chi connectivity index (χ2n) is 5.61. The maximum atomic E-state index is 5.80. The Labute approximate surface area is 121 Å². The van der Waals surface area contributed by atoms with Gasteiger partial charge in [-0.2, -0.15) is 0 Å². The lowest BCUT2D eigenvalue weighted by Gasteiger charge is -2.24. The fraction of sp³-hybridized carbons (Fsp3) is 0.562. The maximum Gasteiger partial charge on any atom is 0.209 e. The van der Waals surface area contributed by atoms with Gasteiger partial charge in [0.1, 0.15) is 5.52 Å². The van der Waals surface area contributed by atoms with Gasteiger partial charge in [-0.3, -0.25) is 4.90 Å². The van der Waals surface area contributed by atoms with Crippen molar-refractivity contribution in [3.63, 3.8) is 0 Å².